The van der Waals surface area contributed by atoms with Gasteiger partial charge in [-0.25, -0.2) is 4.39 Å². The van der Waals surface area contributed by atoms with Crippen LogP contribution in [0.1, 0.15) is 5.56 Å². The van der Waals surface area contributed by atoms with E-state index in [1.165, 1.54) is 30.3 Å². The molecule has 7 heteroatoms. The molecule has 0 unspecified atom stereocenters. The number of benzene rings is 2. The second kappa shape index (κ2) is 7.94. The summed E-state index contributed by atoms with van der Waals surface area (Å²) in [5.74, 6) is -1.35. The Morgan fingerprint density at radius 1 is 1.00 bits per heavy atom. The molecule has 0 aromatic heterocycles. The van der Waals surface area contributed by atoms with Crippen LogP contribution in [0.4, 0.5) is 10.1 Å². The summed E-state index contributed by atoms with van der Waals surface area (Å²) in [7, 11) is 0. The summed E-state index contributed by atoms with van der Waals surface area (Å²) in [6, 6.07) is 10.6. The Kier molecular flexibility index (Phi) is 5.96. The van der Waals surface area contributed by atoms with E-state index in [9.17, 15) is 14.0 Å². The number of anilines is 1. The van der Waals surface area contributed by atoms with Gasteiger partial charge in [0.1, 0.15) is 5.82 Å². The number of carbonyl (C=O) groups is 2. The van der Waals surface area contributed by atoms with Crippen molar-refractivity contribution in [3.8, 4) is 0 Å². The molecule has 0 heterocycles. The van der Waals surface area contributed by atoms with Crippen molar-refractivity contribution < 1.29 is 14.0 Å². The van der Waals surface area contributed by atoms with Crippen molar-refractivity contribution in [1.82, 2.24) is 5.32 Å². The highest BCUT2D eigenvalue weighted by Crippen LogP contribution is 2.22. The lowest BCUT2D eigenvalue weighted by atomic mass is 10.1. The minimum absolute atomic E-state index is 0.136. The third kappa shape index (κ3) is 5.54. The molecule has 0 fully saturated rings. The summed E-state index contributed by atoms with van der Waals surface area (Å²) in [4.78, 5) is 23.5. The van der Waals surface area contributed by atoms with Crippen molar-refractivity contribution in [3.05, 3.63) is 63.9 Å². The molecular weight excluding hydrogens is 342 g/mol. The molecule has 2 rings (SSSR count). The molecule has 0 saturated heterocycles. The Balaban J connectivity index is 1.84. The SMILES string of the molecule is O=C(Cc1ccccc1F)NCC(=O)Nc1cc(Cl)cc(Cl)c1. The van der Waals surface area contributed by atoms with Gasteiger partial charge in [0.2, 0.25) is 11.8 Å². The Bertz CT molecular complexity index is 718. The van der Waals surface area contributed by atoms with Gasteiger partial charge in [0.05, 0.1) is 13.0 Å². The van der Waals surface area contributed by atoms with Gasteiger partial charge in [-0.1, -0.05) is 41.4 Å². The Morgan fingerprint density at radius 2 is 1.65 bits per heavy atom. The van der Waals surface area contributed by atoms with E-state index in [1.54, 1.807) is 12.1 Å². The first-order valence-electron chi connectivity index (χ1n) is 6.70. The van der Waals surface area contributed by atoms with Crippen LogP contribution in [0.15, 0.2) is 42.5 Å². The quantitative estimate of drug-likeness (QED) is 0.863. The maximum Gasteiger partial charge on any atom is 0.243 e. The van der Waals surface area contributed by atoms with Crippen LogP contribution in [0.25, 0.3) is 0 Å². The first-order chi connectivity index (χ1) is 10.9. The normalized spacial score (nSPS) is 10.2. The number of hydrogen-bond donors (Lipinski definition) is 2. The third-order valence-electron chi connectivity index (χ3n) is 2.90. The van der Waals surface area contributed by atoms with Gasteiger partial charge in [0.15, 0.2) is 0 Å². The standard InChI is InChI=1S/C16H13Cl2FN2O2/c17-11-6-12(18)8-13(7-11)21-16(23)9-20-15(22)5-10-3-1-2-4-14(10)19/h1-4,6-8H,5,9H2,(H,20,22)(H,21,23). The van der Waals surface area contributed by atoms with Crippen LogP contribution in [0.5, 0.6) is 0 Å². The van der Waals surface area contributed by atoms with Crippen molar-refractivity contribution in [2.45, 2.75) is 6.42 Å². The van der Waals surface area contributed by atoms with Crippen LogP contribution in [0, 0.1) is 5.82 Å². The number of halogens is 3. The lowest BCUT2D eigenvalue weighted by molar-refractivity contribution is -0.123. The number of hydrogen-bond acceptors (Lipinski definition) is 2. The summed E-state index contributed by atoms with van der Waals surface area (Å²) in [6.07, 6.45) is -0.136. The van der Waals surface area contributed by atoms with E-state index in [0.717, 1.165) is 0 Å². The summed E-state index contributed by atoms with van der Waals surface area (Å²) >= 11 is 11.7. The van der Waals surface area contributed by atoms with E-state index in [4.69, 9.17) is 23.2 Å². The molecule has 0 aliphatic rings. The first-order valence-corrected chi connectivity index (χ1v) is 7.45. The van der Waals surface area contributed by atoms with Crippen molar-refractivity contribution in [3.63, 3.8) is 0 Å². The van der Waals surface area contributed by atoms with E-state index in [2.05, 4.69) is 10.6 Å². The molecule has 0 aliphatic heterocycles. The predicted molar refractivity (Wildman–Crippen MR) is 88.2 cm³/mol. The third-order valence-corrected chi connectivity index (χ3v) is 3.34. The number of nitrogens with one attached hydrogen (secondary N) is 2. The molecule has 0 atom stereocenters. The van der Waals surface area contributed by atoms with Crippen LogP contribution in [0.2, 0.25) is 10.0 Å². The highest BCUT2D eigenvalue weighted by atomic mass is 35.5. The van der Waals surface area contributed by atoms with Crippen LogP contribution in [-0.4, -0.2) is 18.4 Å². The van der Waals surface area contributed by atoms with Crippen LogP contribution in [-0.2, 0) is 16.0 Å². The molecule has 2 N–H and O–H groups in total. The van der Waals surface area contributed by atoms with Crippen molar-refractivity contribution in [1.29, 1.82) is 0 Å². The number of rotatable bonds is 5. The second-order valence-electron chi connectivity index (χ2n) is 4.75. The van der Waals surface area contributed by atoms with Crippen LogP contribution < -0.4 is 10.6 Å². The molecule has 23 heavy (non-hydrogen) atoms. The zero-order chi connectivity index (χ0) is 16.8. The lowest BCUT2D eigenvalue weighted by Gasteiger charge is -2.08. The van der Waals surface area contributed by atoms with Gasteiger partial charge < -0.3 is 10.6 Å². The van der Waals surface area contributed by atoms with Crippen LogP contribution in [0.3, 0.4) is 0 Å². The van der Waals surface area contributed by atoms with Gasteiger partial charge in [-0.05, 0) is 29.8 Å². The van der Waals surface area contributed by atoms with E-state index >= 15 is 0 Å². The Hall–Kier alpha value is -2.11. The predicted octanol–water partition coefficient (Wildman–Crippen LogP) is 3.43. The maximum absolute atomic E-state index is 13.4. The van der Waals surface area contributed by atoms with Gasteiger partial charge >= 0.3 is 0 Å². The largest absolute Gasteiger partial charge is 0.347 e. The first kappa shape index (κ1) is 17.2. The Labute approximate surface area is 142 Å². The topological polar surface area (TPSA) is 58.2 Å². The minimum atomic E-state index is -0.458. The summed E-state index contributed by atoms with van der Waals surface area (Å²) in [5.41, 5.74) is 0.697. The van der Waals surface area contributed by atoms with Crippen molar-refractivity contribution in [2.24, 2.45) is 0 Å². The summed E-state index contributed by atoms with van der Waals surface area (Å²) in [5, 5.41) is 5.75. The monoisotopic (exact) mass is 354 g/mol. The molecule has 0 radical (unpaired) electrons. The number of carbonyl (C=O) groups excluding carboxylic acids is 2. The molecule has 2 aromatic rings. The van der Waals surface area contributed by atoms with Gasteiger partial charge in [-0.3, -0.25) is 9.59 Å². The van der Waals surface area contributed by atoms with Gasteiger partial charge in [0.25, 0.3) is 0 Å². The molecule has 2 amide bonds. The average Bonchev–Trinajstić information content (AvgIpc) is 2.46. The maximum atomic E-state index is 13.4. The zero-order valence-corrected chi connectivity index (χ0v) is 13.4. The minimum Gasteiger partial charge on any atom is -0.347 e. The molecule has 0 spiro atoms. The zero-order valence-electron chi connectivity index (χ0n) is 11.9. The van der Waals surface area contributed by atoms with Crippen LogP contribution >= 0.6 is 23.2 Å². The molecule has 120 valence electrons. The molecule has 0 aliphatic carbocycles. The summed E-state index contributed by atoms with van der Waals surface area (Å²) in [6.45, 7) is -0.239. The van der Waals surface area contributed by atoms with E-state index < -0.39 is 17.6 Å². The molecule has 0 bridgehead atoms. The highest BCUT2D eigenvalue weighted by Gasteiger charge is 2.10. The average molecular weight is 355 g/mol. The highest BCUT2D eigenvalue weighted by molar-refractivity contribution is 6.35. The molecular formula is C16H13Cl2FN2O2. The Morgan fingerprint density at radius 3 is 2.30 bits per heavy atom. The van der Waals surface area contributed by atoms with Gasteiger partial charge in [-0.15, -0.1) is 0 Å². The van der Waals surface area contributed by atoms with Crippen molar-refractivity contribution >= 4 is 40.7 Å². The lowest BCUT2D eigenvalue weighted by Crippen LogP contribution is -2.33. The van der Waals surface area contributed by atoms with Crippen molar-refractivity contribution in [2.75, 3.05) is 11.9 Å². The molecule has 4 nitrogen and oxygen atoms in total. The van der Waals surface area contributed by atoms with E-state index in [0.29, 0.717) is 15.7 Å². The molecule has 0 saturated carbocycles. The number of amides is 2. The fourth-order valence-corrected chi connectivity index (χ4v) is 2.41. The second-order valence-corrected chi connectivity index (χ2v) is 5.62. The van der Waals surface area contributed by atoms with E-state index in [1.807, 2.05) is 0 Å². The fraction of sp³-hybridized carbons (Fsp3) is 0.125. The fourth-order valence-electron chi connectivity index (χ4n) is 1.89. The molecule has 2 aromatic carbocycles. The van der Waals surface area contributed by atoms with Gasteiger partial charge in [-0.2, -0.15) is 0 Å². The van der Waals surface area contributed by atoms with Gasteiger partial charge in [0, 0.05) is 15.7 Å². The summed E-state index contributed by atoms with van der Waals surface area (Å²) < 4.78 is 13.4. The van der Waals surface area contributed by atoms with E-state index in [-0.39, 0.29) is 18.5 Å². The smallest absolute Gasteiger partial charge is 0.243 e.